The maximum atomic E-state index is 12.0. The summed E-state index contributed by atoms with van der Waals surface area (Å²) in [6.07, 6.45) is 0.0571. The molecule has 0 saturated carbocycles. The Morgan fingerprint density at radius 1 is 1.42 bits per heavy atom. The number of hydrogen-bond donors (Lipinski definition) is 3. The van der Waals surface area contributed by atoms with E-state index < -0.39 is 31.1 Å². The Bertz CT molecular complexity index is 730. The molecule has 1 atom stereocenters. The third-order valence-electron chi connectivity index (χ3n) is 2.67. The molecule has 106 valence electrons. The zero-order chi connectivity index (χ0) is 14.4. The molecule has 10 heteroatoms. The minimum absolute atomic E-state index is 0.124. The number of rotatable bonds is 2. The van der Waals surface area contributed by atoms with E-state index in [1.165, 1.54) is 6.07 Å². The largest absolute Gasteiger partial charge is 0.368 e. The van der Waals surface area contributed by atoms with E-state index in [0.717, 1.165) is 6.07 Å². The molecule has 0 amide bonds. The van der Waals surface area contributed by atoms with E-state index in [-0.39, 0.29) is 15.6 Å². The van der Waals surface area contributed by atoms with E-state index in [1.54, 1.807) is 6.92 Å². The van der Waals surface area contributed by atoms with E-state index in [2.05, 4.69) is 10.0 Å². The van der Waals surface area contributed by atoms with Crippen molar-refractivity contribution in [3.63, 3.8) is 0 Å². The lowest BCUT2D eigenvalue weighted by Gasteiger charge is -2.27. The van der Waals surface area contributed by atoms with Crippen LogP contribution >= 0.6 is 11.6 Å². The van der Waals surface area contributed by atoms with Crippen LogP contribution in [0.1, 0.15) is 13.3 Å². The maximum absolute atomic E-state index is 12.0. The number of halogens is 1. The van der Waals surface area contributed by atoms with Crippen LogP contribution in [0.15, 0.2) is 21.9 Å². The quantitative estimate of drug-likeness (QED) is 0.728. The second-order valence-corrected chi connectivity index (χ2v) is 7.67. The molecule has 1 heterocycles. The van der Waals surface area contributed by atoms with E-state index in [9.17, 15) is 16.8 Å². The normalized spacial score (nSPS) is 21.5. The lowest BCUT2D eigenvalue weighted by Crippen LogP contribution is -2.44. The van der Waals surface area contributed by atoms with Crippen LogP contribution in [0.25, 0.3) is 0 Å². The van der Waals surface area contributed by atoms with Crippen molar-refractivity contribution in [1.82, 2.24) is 4.72 Å². The van der Waals surface area contributed by atoms with Gasteiger partial charge in [-0.2, -0.15) is 4.72 Å². The molecule has 0 spiro atoms. The highest BCUT2D eigenvalue weighted by Gasteiger charge is 2.30. The fourth-order valence-electron chi connectivity index (χ4n) is 1.74. The molecule has 0 saturated heterocycles. The predicted octanol–water partition coefficient (Wildman–Crippen LogP) is 0.427. The van der Waals surface area contributed by atoms with Crippen LogP contribution in [-0.4, -0.2) is 23.0 Å². The van der Waals surface area contributed by atoms with E-state index in [4.69, 9.17) is 16.7 Å². The van der Waals surface area contributed by atoms with Crippen molar-refractivity contribution in [3.8, 4) is 0 Å². The lowest BCUT2D eigenvalue weighted by atomic mass is 10.3. The Kier molecular flexibility index (Phi) is 3.52. The van der Waals surface area contributed by atoms with Crippen molar-refractivity contribution in [1.29, 1.82) is 0 Å². The van der Waals surface area contributed by atoms with Crippen molar-refractivity contribution >= 4 is 37.3 Å². The number of fused-ring (bicyclic) bond motifs is 1. The summed E-state index contributed by atoms with van der Waals surface area (Å²) in [5, 5.41) is 7.77. The van der Waals surface area contributed by atoms with Crippen LogP contribution in [0.3, 0.4) is 0 Å². The van der Waals surface area contributed by atoms with Gasteiger partial charge in [-0.3, -0.25) is 0 Å². The first-order chi connectivity index (χ1) is 8.65. The predicted molar refractivity (Wildman–Crippen MR) is 70.8 cm³/mol. The van der Waals surface area contributed by atoms with Gasteiger partial charge in [0.25, 0.3) is 0 Å². The van der Waals surface area contributed by atoms with E-state index >= 15 is 0 Å². The number of hydrogen-bond acceptors (Lipinski definition) is 5. The third-order valence-corrected chi connectivity index (χ3v) is 5.55. The molecule has 4 N–H and O–H groups in total. The van der Waals surface area contributed by atoms with Crippen molar-refractivity contribution < 1.29 is 16.8 Å². The minimum Gasteiger partial charge on any atom is -0.368 e. The van der Waals surface area contributed by atoms with E-state index in [1.807, 2.05) is 0 Å². The van der Waals surface area contributed by atoms with Gasteiger partial charge in [0.1, 0.15) is 9.79 Å². The zero-order valence-corrected chi connectivity index (χ0v) is 12.2. The smallest absolute Gasteiger partial charge is 0.244 e. The standard InChI is InChI=1S/C9H12ClN3O4S2/c1-2-9-12-6-3-5(10)7(18(11,14)15)4-8(6)19(16,17)13-9/h3-4,9,12-13H,2H2,1H3,(H2,11,14,15)/t9-/m1/s1. The highest BCUT2D eigenvalue weighted by molar-refractivity contribution is 7.90. The molecule has 1 aromatic rings. The molecule has 0 fully saturated rings. The minimum atomic E-state index is -4.09. The Morgan fingerprint density at radius 3 is 2.58 bits per heavy atom. The highest BCUT2D eigenvalue weighted by Crippen LogP contribution is 2.33. The van der Waals surface area contributed by atoms with Crippen LogP contribution in [-0.2, 0) is 20.0 Å². The summed E-state index contributed by atoms with van der Waals surface area (Å²) in [6.45, 7) is 1.80. The first-order valence-electron chi connectivity index (χ1n) is 5.30. The van der Waals surface area contributed by atoms with E-state index in [0.29, 0.717) is 6.42 Å². The van der Waals surface area contributed by atoms with Gasteiger partial charge >= 0.3 is 0 Å². The topological polar surface area (TPSA) is 118 Å². The Labute approximate surface area is 116 Å². The average molecular weight is 326 g/mol. The summed E-state index contributed by atoms with van der Waals surface area (Å²) in [6, 6.07) is 2.20. The van der Waals surface area contributed by atoms with Crippen LogP contribution in [0.4, 0.5) is 5.69 Å². The fraction of sp³-hybridized carbons (Fsp3) is 0.333. The molecular formula is C9H12ClN3O4S2. The molecule has 0 bridgehead atoms. The van der Waals surface area contributed by atoms with Crippen molar-refractivity contribution in [2.45, 2.75) is 29.3 Å². The molecule has 0 aromatic heterocycles. The Hall–Kier alpha value is -0.870. The van der Waals surface area contributed by atoms with Crippen LogP contribution < -0.4 is 15.2 Å². The molecule has 1 aliphatic heterocycles. The molecular weight excluding hydrogens is 314 g/mol. The van der Waals surface area contributed by atoms with Gasteiger partial charge in [0.2, 0.25) is 20.0 Å². The summed E-state index contributed by atoms with van der Waals surface area (Å²) < 4.78 is 49.0. The maximum Gasteiger partial charge on any atom is 0.244 e. The molecule has 0 radical (unpaired) electrons. The summed E-state index contributed by atoms with van der Waals surface area (Å²) in [5.41, 5.74) is 0.253. The van der Waals surface area contributed by atoms with Crippen LogP contribution in [0.2, 0.25) is 5.02 Å². The van der Waals surface area contributed by atoms with Crippen molar-refractivity contribution in [3.05, 3.63) is 17.2 Å². The van der Waals surface area contributed by atoms with Crippen LogP contribution in [0.5, 0.6) is 0 Å². The van der Waals surface area contributed by atoms with Gasteiger partial charge in [0.05, 0.1) is 16.9 Å². The molecule has 1 aliphatic rings. The molecule has 19 heavy (non-hydrogen) atoms. The van der Waals surface area contributed by atoms with Crippen LogP contribution in [0, 0.1) is 0 Å². The molecule has 2 rings (SSSR count). The average Bonchev–Trinajstić information content (AvgIpc) is 2.25. The van der Waals surface area contributed by atoms with Gasteiger partial charge in [-0.05, 0) is 18.6 Å². The Morgan fingerprint density at radius 2 is 2.05 bits per heavy atom. The number of anilines is 1. The van der Waals surface area contributed by atoms with Gasteiger partial charge in [-0.25, -0.2) is 22.0 Å². The van der Waals surface area contributed by atoms with Gasteiger partial charge in [0, 0.05) is 0 Å². The molecule has 7 nitrogen and oxygen atoms in total. The number of sulfonamides is 2. The van der Waals surface area contributed by atoms with Crippen molar-refractivity contribution in [2.75, 3.05) is 5.32 Å². The number of primary sulfonamides is 1. The first-order valence-corrected chi connectivity index (χ1v) is 8.71. The van der Waals surface area contributed by atoms with Gasteiger partial charge in [0.15, 0.2) is 0 Å². The molecule has 0 unspecified atom stereocenters. The second kappa shape index (κ2) is 4.60. The lowest BCUT2D eigenvalue weighted by molar-refractivity contribution is 0.551. The number of nitrogens with one attached hydrogen (secondary N) is 2. The monoisotopic (exact) mass is 325 g/mol. The third kappa shape index (κ3) is 2.70. The van der Waals surface area contributed by atoms with Crippen molar-refractivity contribution in [2.24, 2.45) is 5.14 Å². The fourth-order valence-corrected chi connectivity index (χ4v) is 4.32. The SMILES string of the molecule is CC[C@@H]1Nc2cc(Cl)c(S(N)(=O)=O)cc2S(=O)(=O)N1. The highest BCUT2D eigenvalue weighted by atomic mass is 35.5. The number of nitrogens with two attached hydrogens (primary N) is 1. The summed E-state index contributed by atoms with van der Waals surface area (Å²) >= 11 is 5.82. The van der Waals surface area contributed by atoms with Gasteiger partial charge < -0.3 is 5.32 Å². The molecule has 1 aromatic carbocycles. The summed E-state index contributed by atoms with van der Waals surface area (Å²) in [4.78, 5) is -0.610. The van der Waals surface area contributed by atoms with Gasteiger partial charge in [-0.15, -0.1) is 0 Å². The summed E-state index contributed by atoms with van der Waals surface area (Å²) in [5.74, 6) is 0. The number of benzene rings is 1. The van der Waals surface area contributed by atoms with Gasteiger partial charge in [-0.1, -0.05) is 18.5 Å². The summed E-state index contributed by atoms with van der Waals surface area (Å²) in [7, 11) is -7.88. The zero-order valence-electron chi connectivity index (χ0n) is 9.84. The first kappa shape index (κ1) is 14.5. The molecule has 0 aliphatic carbocycles. The Balaban J connectivity index is 2.70. The second-order valence-electron chi connectivity index (χ2n) is 4.05.